The lowest BCUT2D eigenvalue weighted by Crippen LogP contribution is -2.40. The molecule has 0 spiro atoms. The van der Waals surface area contributed by atoms with E-state index in [0.29, 0.717) is 10.6 Å². The Bertz CT molecular complexity index is 1230. The highest BCUT2D eigenvalue weighted by Crippen LogP contribution is 2.47. The molecular formula is C26H26ClNO5S. The molecule has 0 amide bonds. The van der Waals surface area contributed by atoms with Crippen LogP contribution in [0.15, 0.2) is 83.8 Å². The molecule has 0 bridgehead atoms. The van der Waals surface area contributed by atoms with Crippen LogP contribution >= 0.6 is 11.6 Å². The minimum Gasteiger partial charge on any atom is -0.466 e. The summed E-state index contributed by atoms with van der Waals surface area (Å²) in [6, 6.07) is 22.0. The second-order valence-corrected chi connectivity index (χ2v) is 10.4. The van der Waals surface area contributed by atoms with Crippen molar-refractivity contribution in [1.29, 1.82) is 0 Å². The van der Waals surface area contributed by atoms with E-state index in [-0.39, 0.29) is 17.9 Å². The van der Waals surface area contributed by atoms with Gasteiger partial charge >= 0.3 is 5.97 Å². The zero-order valence-corrected chi connectivity index (χ0v) is 20.5. The summed E-state index contributed by atoms with van der Waals surface area (Å²) in [6.45, 7) is 3.81. The maximum atomic E-state index is 14.0. The topological polar surface area (TPSA) is 72.9 Å². The van der Waals surface area contributed by atoms with Gasteiger partial charge in [0.1, 0.15) is 6.10 Å². The molecule has 3 aromatic rings. The molecule has 3 atom stereocenters. The molecule has 0 saturated carbocycles. The van der Waals surface area contributed by atoms with E-state index in [4.69, 9.17) is 21.1 Å². The number of aryl methyl sites for hydroxylation is 1. The zero-order valence-electron chi connectivity index (χ0n) is 18.9. The van der Waals surface area contributed by atoms with E-state index in [1.54, 1.807) is 55.5 Å². The molecule has 0 aromatic heterocycles. The van der Waals surface area contributed by atoms with Crippen LogP contribution in [0.4, 0.5) is 0 Å². The quantitative estimate of drug-likeness (QED) is 0.405. The number of halogens is 1. The molecule has 178 valence electrons. The predicted octanol–water partition coefficient (Wildman–Crippen LogP) is 5.43. The highest BCUT2D eigenvalue weighted by Gasteiger charge is 2.51. The minimum atomic E-state index is -4.04. The van der Waals surface area contributed by atoms with Gasteiger partial charge in [-0.15, -0.1) is 0 Å². The highest BCUT2D eigenvalue weighted by molar-refractivity contribution is 7.89. The summed E-state index contributed by atoms with van der Waals surface area (Å²) in [7, 11) is -4.04. The van der Waals surface area contributed by atoms with Gasteiger partial charge in [-0.1, -0.05) is 71.8 Å². The number of benzene rings is 3. The van der Waals surface area contributed by atoms with Crippen LogP contribution in [-0.4, -0.2) is 31.3 Å². The Hall–Kier alpha value is -2.71. The van der Waals surface area contributed by atoms with E-state index >= 15 is 0 Å². The van der Waals surface area contributed by atoms with Gasteiger partial charge in [-0.25, -0.2) is 8.42 Å². The molecular weight excluding hydrogens is 474 g/mol. The van der Waals surface area contributed by atoms with Crippen LogP contribution in [0.3, 0.4) is 0 Å². The number of rotatable bonds is 7. The lowest BCUT2D eigenvalue weighted by Gasteiger charge is -2.28. The molecule has 0 unspecified atom stereocenters. The van der Waals surface area contributed by atoms with Crippen LogP contribution in [0.2, 0.25) is 5.02 Å². The third-order valence-electron chi connectivity index (χ3n) is 5.74. The van der Waals surface area contributed by atoms with Crippen molar-refractivity contribution in [2.75, 3.05) is 6.61 Å². The van der Waals surface area contributed by atoms with E-state index < -0.39 is 34.4 Å². The summed E-state index contributed by atoms with van der Waals surface area (Å²) >= 11 is 6.08. The van der Waals surface area contributed by atoms with E-state index in [2.05, 4.69) is 0 Å². The molecule has 1 aliphatic heterocycles. The lowest BCUT2D eigenvalue weighted by atomic mass is 10.0. The summed E-state index contributed by atoms with van der Waals surface area (Å²) in [4.78, 5) is 12.7. The first kappa shape index (κ1) is 24.4. The SMILES string of the molecule is CCOC(=O)C[C@@H]1[C@@H](c2ccc(Cl)cc2)O[C@H](c2ccccc2)N1S(=O)(=O)c1ccc(C)cc1. The Morgan fingerprint density at radius 2 is 1.62 bits per heavy atom. The Morgan fingerprint density at radius 3 is 2.24 bits per heavy atom. The van der Waals surface area contributed by atoms with Gasteiger partial charge in [-0.05, 0) is 49.2 Å². The van der Waals surface area contributed by atoms with Crippen LogP contribution < -0.4 is 0 Å². The fourth-order valence-electron chi connectivity index (χ4n) is 4.12. The van der Waals surface area contributed by atoms with Gasteiger partial charge in [0.05, 0.1) is 24.0 Å². The molecule has 1 saturated heterocycles. The molecule has 8 heteroatoms. The normalized spacial score (nSPS) is 20.9. The molecule has 1 fully saturated rings. The van der Waals surface area contributed by atoms with Gasteiger partial charge in [0, 0.05) is 5.02 Å². The number of carbonyl (C=O) groups is 1. The average Bonchev–Trinajstić information content (AvgIpc) is 3.20. The Balaban J connectivity index is 1.86. The van der Waals surface area contributed by atoms with Crippen LogP contribution in [0.1, 0.15) is 42.4 Å². The summed E-state index contributed by atoms with van der Waals surface area (Å²) in [5.74, 6) is -0.493. The lowest BCUT2D eigenvalue weighted by molar-refractivity contribution is -0.144. The second-order valence-electron chi connectivity index (χ2n) is 8.10. The third-order valence-corrected chi connectivity index (χ3v) is 7.88. The molecule has 1 aliphatic rings. The molecule has 3 aromatic carbocycles. The molecule has 0 radical (unpaired) electrons. The Labute approximate surface area is 205 Å². The number of sulfonamides is 1. The van der Waals surface area contributed by atoms with Gasteiger partial charge < -0.3 is 9.47 Å². The molecule has 0 aliphatic carbocycles. The number of ether oxygens (including phenoxy) is 2. The Morgan fingerprint density at radius 1 is 0.971 bits per heavy atom. The van der Waals surface area contributed by atoms with E-state index in [9.17, 15) is 13.2 Å². The monoisotopic (exact) mass is 499 g/mol. The number of nitrogens with zero attached hydrogens (tertiary/aromatic N) is 1. The van der Waals surface area contributed by atoms with Crippen molar-refractivity contribution in [3.05, 3.63) is 101 Å². The van der Waals surface area contributed by atoms with Gasteiger partial charge in [-0.2, -0.15) is 4.31 Å². The maximum Gasteiger partial charge on any atom is 0.307 e. The highest BCUT2D eigenvalue weighted by atomic mass is 35.5. The largest absolute Gasteiger partial charge is 0.466 e. The van der Waals surface area contributed by atoms with Crippen molar-refractivity contribution in [3.63, 3.8) is 0 Å². The van der Waals surface area contributed by atoms with Crippen molar-refractivity contribution in [2.45, 2.75) is 43.5 Å². The second kappa shape index (κ2) is 10.3. The third kappa shape index (κ3) is 5.03. The first-order valence-electron chi connectivity index (χ1n) is 11.0. The molecule has 4 rings (SSSR count). The first-order valence-corrected chi connectivity index (χ1v) is 12.8. The number of esters is 1. The van der Waals surface area contributed by atoms with Crippen molar-refractivity contribution >= 4 is 27.6 Å². The van der Waals surface area contributed by atoms with Gasteiger partial charge in [0.2, 0.25) is 10.0 Å². The van der Waals surface area contributed by atoms with E-state index in [1.165, 1.54) is 4.31 Å². The van der Waals surface area contributed by atoms with Gasteiger partial charge in [0.15, 0.2) is 6.23 Å². The van der Waals surface area contributed by atoms with Crippen LogP contribution in [-0.2, 0) is 24.3 Å². The minimum absolute atomic E-state index is 0.133. The summed E-state index contributed by atoms with van der Waals surface area (Å²) in [6.07, 6.45) is -1.78. The fourth-order valence-corrected chi connectivity index (χ4v) is 5.93. The smallest absolute Gasteiger partial charge is 0.307 e. The number of carbonyl (C=O) groups excluding carboxylic acids is 1. The van der Waals surface area contributed by atoms with Crippen molar-refractivity contribution in [1.82, 2.24) is 4.31 Å². The molecule has 0 N–H and O–H groups in total. The van der Waals surface area contributed by atoms with Crippen LogP contribution in [0.25, 0.3) is 0 Å². The van der Waals surface area contributed by atoms with Gasteiger partial charge in [0.25, 0.3) is 0 Å². The average molecular weight is 500 g/mol. The van der Waals surface area contributed by atoms with E-state index in [0.717, 1.165) is 11.1 Å². The fraction of sp³-hybridized carbons (Fsp3) is 0.269. The molecule has 1 heterocycles. The molecule has 6 nitrogen and oxygen atoms in total. The Kier molecular flexibility index (Phi) is 7.38. The van der Waals surface area contributed by atoms with Crippen LogP contribution in [0.5, 0.6) is 0 Å². The van der Waals surface area contributed by atoms with E-state index in [1.807, 2.05) is 37.3 Å². The first-order chi connectivity index (χ1) is 16.3. The van der Waals surface area contributed by atoms with Crippen molar-refractivity contribution < 1.29 is 22.7 Å². The summed E-state index contributed by atoms with van der Waals surface area (Å²) < 4.78 is 40.9. The van der Waals surface area contributed by atoms with Crippen LogP contribution in [0, 0.1) is 6.92 Å². The zero-order chi connectivity index (χ0) is 24.3. The van der Waals surface area contributed by atoms with Crippen molar-refractivity contribution in [2.24, 2.45) is 0 Å². The van der Waals surface area contributed by atoms with Gasteiger partial charge in [-0.3, -0.25) is 4.79 Å². The summed E-state index contributed by atoms with van der Waals surface area (Å²) in [5.41, 5.74) is 2.34. The predicted molar refractivity (Wildman–Crippen MR) is 130 cm³/mol. The standard InChI is InChI=1S/C26H26ClNO5S/c1-3-32-24(29)17-23-25(19-11-13-21(27)14-12-19)33-26(20-7-5-4-6-8-20)28(23)34(30,31)22-15-9-18(2)10-16-22/h4-16,23,25-26H,3,17H2,1-2H3/t23-,25-,26-/m1/s1. The molecule has 34 heavy (non-hydrogen) atoms. The summed E-state index contributed by atoms with van der Waals surface area (Å²) in [5, 5.41) is 0.549. The number of hydrogen-bond acceptors (Lipinski definition) is 5. The maximum absolute atomic E-state index is 14.0. The number of hydrogen-bond donors (Lipinski definition) is 0. The van der Waals surface area contributed by atoms with Crippen molar-refractivity contribution in [3.8, 4) is 0 Å².